The average Bonchev–Trinajstić information content (AvgIpc) is 2.73. The standard InChI is InChI=1S/C20H19NO6S/c1-25-13-7-8-14(17(9-13)26-2)16(22)11-27-20(24)10-21-15-5-3-4-6-18(15)28-12-19(21)23/h3-9H,10-12H2,1-2H3. The number of anilines is 1. The Labute approximate surface area is 166 Å². The van der Waals surface area contributed by atoms with E-state index in [2.05, 4.69) is 0 Å². The Bertz CT molecular complexity index is 913. The summed E-state index contributed by atoms with van der Waals surface area (Å²) in [6.45, 7) is -0.691. The summed E-state index contributed by atoms with van der Waals surface area (Å²) in [5, 5.41) is 0. The number of hydrogen-bond acceptors (Lipinski definition) is 7. The molecule has 0 radical (unpaired) electrons. The molecule has 0 aromatic heterocycles. The van der Waals surface area contributed by atoms with E-state index < -0.39 is 18.4 Å². The number of nitrogens with zero attached hydrogens (tertiary/aromatic N) is 1. The monoisotopic (exact) mass is 401 g/mol. The van der Waals surface area contributed by atoms with Gasteiger partial charge in [-0.05, 0) is 24.3 Å². The van der Waals surface area contributed by atoms with Gasteiger partial charge in [-0.15, -0.1) is 11.8 Å². The van der Waals surface area contributed by atoms with Gasteiger partial charge in [-0.3, -0.25) is 19.3 Å². The van der Waals surface area contributed by atoms with E-state index in [0.29, 0.717) is 17.2 Å². The summed E-state index contributed by atoms with van der Waals surface area (Å²) in [5.74, 6) is -0.108. The largest absolute Gasteiger partial charge is 0.497 e. The topological polar surface area (TPSA) is 82.1 Å². The van der Waals surface area contributed by atoms with Crippen molar-refractivity contribution in [2.75, 3.05) is 38.0 Å². The molecule has 7 nitrogen and oxygen atoms in total. The third-order valence-electron chi connectivity index (χ3n) is 4.17. The third kappa shape index (κ3) is 4.28. The van der Waals surface area contributed by atoms with Crippen LogP contribution in [0, 0.1) is 0 Å². The molecule has 0 saturated carbocycles. The van der Waals surface area contributed by atoms with Gasteiger partial charge < -0.3 is 14.2 Å². The molecule has 3 rings (SSSR count). The molecule has 8 heteroatoms. The number of esters is 1. The zero-order valence-corrected chi connectivity index (χ0v) is 16.3. The van der Waals surface area contributed by atoms with Gasteiger partial charge >= 0.3 is 5.97 Å². The molecular weight excluding hydrogens is 382 g/mol. The molecule has 1 aliphatic heterocycles. The highest BCUT2D eigenvalue weighted by atomic mass is 32.2. The Morgan fingerprint density at radius 2 is 1.89 bits per heavy atom. The molecule has 0 aliphatic carbocycles. The molecule has 146 valence electrons. The van der Waals surface area contributed by atoms with Gasteiger partial charge in [0.1, 0.15) is 18.0 Å². The lowest BCUT2D eigenvalue weighted by Gasteiger charge is -2.27. The molecule has 0 bridgehead atoms. The molecule has 0 saturated heterocycles. The van der Waals surface area contributed by atoms with Gasteiger partial charge in [0.25, 0.3) is 0 Å². The SMILES string of the molecule is COc1ccc(C(=O)COC(=O)CN2C(=O)CSc3ccccc32)c(OC)c1. The van der Waals surface area contributed by atoms with Crippen molar-refractivity contribution in [3.63, 3.8) is 0 Å². The van der Waals surface area contributed by atoms with E-state index in [1.807, 2.05) is 12.1 Å². The van der Waals surface area contributed by atoms with Crippen LogP contribution in [0.25, 0.3) is 0 Å². The molecule has 0 fully saturated rings. The summed E-state index contributed by atoms with van der Waals surface area (Å²) in [5.41, 5.74) is 0.954. The van der Waals surface area contributed by atoms with E-state index in [1.165, 1.54) is 30.9 Å². The maximum absolute atomic E-state index is 12.4. The van der Waals surface area contributed by atoms with Crippen molar-refractivity contribution < 1.29 is 28.6 Å². The van der Waals surface area contributed by atoms with Crippen LogP contribution in [0.15, 0.2) is 47.4 Å². The summed E-state index contributed by atoms with van der Waals surface area (Å²) in [7, 11) is 2.95. The van der Waals surface area contributed by atoms with Gasteiger partial charge in [0.2, 0.25) is 11.7 Å². The van der Waals surface area contributed by atoms with Crippen LogP contribution in [-0.4, -0.2) is 50.8 Å². The first kappa shape index (κ1) is 19.8. The number of fused-ring (bicyclic) bond motifs is 1. The van der Waals surface area contributed by atoms with Crippen molar-refractivity contribution in [1.82, 2.24) is 0 Å². The van der Waals surface area contributed by atoms with Gasteiger partial charge in [-0.2, -0.15) is 0 Å². The molecule has 28 heavy (non-hydrogen) atoms. The smallest absolute Gasteiger partial charge is 0.326 e. The number of carbonyl (C=O) groups excluding carboxylic acids is 3. The van der Waals surface area contributed by atoms with Gasteiger partial charge in [0, 0.05) is 11.0 Å². The summed E-state index contributed by atoms with van der Waals surface area (Å²) in [6, 6.07) is 12.1. The third-order valence-corrected chi connectivity index (χ3v) is 5.22. The van der Waals surface area contributed by atoms with E-state index in [9.17, 15) is 14.4 Å². The fourth-order valence-electron chi connectivity index (χ4n) is 2.75. The lowest BCUT2D eigenvalue weighted by Crippen LogP contribution is -2.40. The maximum Gasteiger partial charge on any atom is 0.326 e. The van der Waals surface area contributed by atoms with Crippen LogP contribution in [0.4, 0.5) is 5.69 Å². The number of carbonyl (C=O) groups is 3. The van der Waals surface area contributed by atoms with E-state index >= 15 is 0 Å². The Morgan fingerprint density at radius 3 is 2.64 bits per heavy atom. The number of rotatable bonds is 7. The Kier molecular flexibility index (Phi) is 6.20. The minimum atomic E-state index is -0.657. The quantitative estimate of drug-likeness (QED) is 0.521. The zero-order valence-electron chi connectivity index (χ0n) is 15.5. The highest BCUT2D eigenvalue weighted by Crippen LogP contribution is 2.34. The Hall–Kier alpha value is -3.00. The first-order valence-electron chi connectivity index (χ1n) is 8.46. The number of amides is 1. The number of benzene rings is 2. The molecule has 0 spiro atoms. The second-order valence-corrected chi connectivity index (χ2v) is 6.90. The van der Waals surface area contributed by atoms with Crippen LogP contribution >= 0.6 is 11.8 Å². The van der Waals surface area contributed by atoms with E-state index in [1.54, 1.807) is 30.3 Å². The summed E-state index contributed by atoms with van der Waals surface area (Å²) in [4.78, 5) is 39.1. The molecule has 2 aromatic carbocycles. The van der Waals surface area contributed by atoms with Gasteiger partial charge in [-0.1, -0.05) is 12.1 Å². The lowest BCUT2D eigenvalue weighted by molar-refractivity contribution is -0.141. The Morgan fingerprint density at radius 1 is 1.11 bits per heavy atom. The molecule has 0 atom stereocenters. The molecule has 1 amide bonds. The number of hydrogen-bond donors (Lipinski definition) is 0. The number of methoxy groups -OCH3 is 2. The number of ketones is 1. The van der Waals surface area contributed by atoms with Crippen LogP contribution in [0.5, 0.6) is 11.5 Å². The fourth-order valence-corrected chi connectivity index (χ4v) is 3.69. The van der Waals surface area contributed by atoms with Crippen LogP contribution in [-0.2, 0) is 14.3 Å². The minimum absolute atomic E-state index is 0.177. The highest BCUT2D eigenvalue weighted by Gasteiger charge is 2.27. The van der Waals surface area contributed by atoms with Crippen molar-refractivity contribution >= 4 is 35.1 Å². The van der Waals surface area contributed by atoms with Crippen molar-refractivity contribution in [3.05, 3.63) is 48.0 Å². The van der Waals surface area contributed by atoms with Crippen LogP contribution in [0.2, 0.25) is 0 Å². The number of ether oxygens (including phenoxy) is 3. The highest BCUT2D eigenvalue weighted by molar-refractivity contribution is 8.00. The second kappa shape index (κ2) is 8.79. The first-order valence-corrected chi connectivity index (χ1v) is 9.45. The number of Topliss-reactive ketones (excluding diaryl/α,β-unsaturated/α-hetero) is 1. The predicted molar refractivity (Wildman–Crippen MR) is 104 cm³/mol. The van der Waals surface area contributed by atoms with Crippen LogP contribution in [0.3, 0.4) is 0 Å². The summed E-state index contributed by atoms with van der Waals surface area (Å²) < 4.78 is 15.4. The first-order chi connectivity index (χ1) is 13.5. The van der Waals surface area contributed by atoms with Crippen molar-refractivity contribution in [3.8, 4) is 11.5 Å². The van der Waals surface area contributed by atoms with Crippen molar-refractivity contribution in [2.24, 2.45) is 0 Å². The van der Waals surface area contributed by atoms with Gasteiger partial charge in [0.15, 0.2) is 6.61 Å². The molecule has 1 aliphatic rings. The molecule has 0 unspecified atom stereocenters. The molecular formula is C20H19NO6S. The Balaban J connectivity index is 1.63. The molecule has 1 heterocycles. The number of thioether (sulfide) groups is 1. The van der Waals surface area contributed by atoms with E-state index in [-0.39, 0.29) is 23.8 Å². The summed E-state index contributed by atoms with van der Waals surface area (Å²) in [6.07, 6.45) is 0. The van der Waals surface area contributed by atoms with Gasteiger partial charge in [0.05, 0.1) is 31.2 Å². The van der Waals surface area contributed by atoms with Crippen LogP contribution < -0.4 is 14.4 Å². The van der Waals surface area contributed by atoms with Crippen LogP contribution in [0.1, 0.15) is 10.4 Å². The maximum atomic E-state index is 12.4. The average molecular weight is 401 g/mol. The minimum Gasteiger partial charge on any atom is -0.497 e. The van der Waals surface area contributed by atoms with Crippen molar-refractivity contribution in [2.45, 2.75) is 4.90 Å². The lowest BCUT2D eigenvalue weighted by atomic mass is 10.1. The van der Waals surface area contributed by atoms with E-state index in [0.717, 1.165) is 4.90 Å². The zero-order chi connectivity index (χ0) is 20.1. The second-order valence-electron chi connectivity index (χ2n) is 5.89. The molecule has 0 N–H and O–H groups in total. The van der Waals surface area contributed by atoms with E-state index in [4.69, 9.17) is 14.2 Å². The predicted octanol–water partition coefficient (Wildman–Crippen LogP) is 2.57. The normalized spacial score (nSPS) is 12.9. The summed E-state index contributed by atoms with van der Waals surface area (Å²) >= 11 is 1.43. The van der Waals surface area contributed by atoms with Crippen molar-refractivity contribution in [1.29, 1.82) is 0 Å². The van der Waals surface area contributed by atoms with Gasteiger partial charge in [-0.25, -0.2) is 0 Å². The molecule has 2 aromatic rings. The fraction of sp³-hybridized carbons (Fsp3) is 0.250. The number of para-hydroxylation sites is 1.